The number of rotatable bonds is 4. The minimum Gasteiger partial charge on any atom is -0.377 e. The van der Waals surface area contributed by atoms with E-state index in [2.05, 4.69) is 5.43 Å². The standard InChI is InChI=1S/C13H18Cl2N2O/c14-10-4-5-11(15)9(7-10)8-12(17-16)13-3-1-2-6-18-13/h4-5,7,12-13,17H,1-3,6,8,16H2. The first-order valence-electron chi connectivity index (χ1n) is 6.22. The summed E-state index contributed by atoms with van der Waals surface area (Å²) in [6.45, 7) is 0.812. The normalized spacial score (nSPS) is 21.8. The summed E-state index contributed by atoms with van der Waals surface area (Å²) in [6, 6.07) is 5.56. The van der Waals surface area contributed by atoms with Crippen LogP contribution in [0, 0.1) is 0 Å². The summed E-state index contributed by atoms with van der Waals surface area (Å²) in [7, 11) is 0. The van der Waals surface area contributed by atoms with Crippen LogP contribution in [0.5, 0.6) is 0 Å². The van der Waals surface area contributed by atoms with Gasteiger partial charge in [0.15, 0.2) is 0 Å². The van der Waals surface area contributed by atoms with Crippen LogP contribution >= 0.6 is 23.2 Å². The Balaban J connectivity index is 2.06. The molecule has 5 heteroatoms. The highest BCUT2D eigenvalue weighted by molar-refractivity contribution is 6.33. The molecule has 0 aromatic heterocycles. The molecule has 100 valence electrons. The monoisotopic (exact) mass is 288 g/mol. The highest BCUT2D eigenvalue weighted by Crippen LogP contribution is 2.24. The fraction of sp³-hybridized carbons (Fsp3) is 0.538. The van der Waals surface area contributed by atoms with E-state index >= 15 is 0 Å². The maximum absolute atomic E-state index is 6.17. The molecule has 1 heterocycles. The molecule has 1 aromatic rings. The first-order valence-corrected chi connectivity index (χ1v) is 6.98. The quantitative estimate of drug-likeness (QED) is 0.662. The number of hydrogen-bond acceptors (Lipinski definition) is 3. The lowest BCUT2D eigenvalue weighted by Crippen LogP contribution is -2.47. The molecule has 0 bridgehead atoms. The van der Waals surface area contributed by atoms with Crippen molar-refractivity contribution in [2.45, 2.75) is 37.8 Å². The summed E-state index contributed by atoms with van der Waals surface area (Å²) in [4.78, 5) is 0. The molecule has 2 atom stereocenters. The van der Waals surface area contributed by atoms with Crippen molar-refractivity contribution in [1.29, 1.82) is 0 Å². The molecule has 0 aliphatic carbocycles. The molecule has 1 aliphatic rings. The fourth-order valence-electron chi connectivity index (χ4n) is 2.32. The zero-order valence-corrected chi connectivity index (χ0v) is 11.7. The maximum atomic E-state index is 6.17. The van der Waals surface area contributed by atoms with Crippen LogP contribution < -0.4 is 11.3 Å². The second-order valence-corrected chi connectivity index (χ2v) is 5.46. The van der Waals surface area contributed by atoms with Gasteiger partial charge in [0.1, 0.15) is 0 Å². The number of hydrazine groups is 1. The minimum absolute atomic E-state index is 0.0706. The van der Waals surface area contributed by atoms with E-state index in [1.165, 1.54) is 6.42 Å². The first-order chi connectivity index (χ1) is 8.70. The van der Waals surface area contributed by atoms with E-state index in [4.69, 9.17) is 33.8 Å². The second-order valence-electron chi connectivity index (χ2n) is 4.62. The Hall–Kier alpha value is -0.320. The Kier molecular flexibility index (Phi) is 5.27. The Bertz CT molecular complexity index is 395. The van der Waals surface area contributed by atoms with E-state index in [9.17, 15) is 0 Å². The van der Waals surface area contributed by atoms with Gasteiger partial charge < -0.3 is 4.74 Å². The van der Waals surface area contributed by atoms with Crippen molar-refractivity contribution in [1.82, 2.24) is 5.43 Å². The molecule has 0 spiro atoms. The molecule has 0 saturated carbocycles. The van der Waals surface area contributed by atoms with Crippen LogP contribution in [0.3, 0.4) is 0 Å². The number of nitrogens with two attached hydrogens (primary N) is 1. The first kappa shape index (κ1) is 14.1. The molecule has 3 N–H and O–H groups in total. The van der Waals surface area contributed by atoms with E-state index in [1.807, 2.05) is 12.1 Å². The van der Waals surface area contributed by atoms with Crippen LogP contribution in [-0.2, 0) is 11.2 Å². The number of benzene rings is 1. The van der Waals surface area contributed by atoms with Crippen molar-refractivity contribution in [3.63, 3.8) is 0 Å². The van der Waals surface area contributed by atoms with E-state index in [1.54, 1.807) is 6.07 Å². The summed E-state index contributed by atoms with van der Waals surface area (Å²) in [5, 5.41) is 1.41. The summed E-state index contributed by atoms with van der Waals surface area (Å²) < 4.78 is 5.75. The molecular weight excluding hydrogens is 271 g/mol. The number of hydrogen-bond donors (Lipinski definition) is 2. The third-order valence-electron chi connectivity index (χ3n) is 3.33. The molecule has 1 aromatic carbocycles. The van der Waals surface area contributed by atoms with Crippen molar-refractivity contribution in [3.05, 3.63) is 33.8 Å². The largest absolute Gasteiger partial charge is 0.377 e. The van der Waals surface area contributed by atoms with E-state index in [0.717, 1.165) is 36.5 Å². The summed E-state index contributed by atoms with van der Waals surface area (Å²) >= 11 is 12.2. The topological polar surface area (TPSA) is 47.3 Å². The van der Waals surface area contributed by atoms with Gasteiger partial charge >= 0.3 is 0 Å². The Morgan fingerprint density at radius 1 is 1.39 bits per heavy atom. The lowest BCUT2D eigenvalue weighted by atomic mass is 9.96. The van der Waals surface area contributed by atoms with Crippen molar-refractivity contribution < 1.29 is 4.74 Å². The molecule has 2 rings (SSSR count). The van der Waals surface area contributed by atoms with E-state index < -0.39 is 0 Å². The molecule has 0 amide bonds. The molecular formula is C13H18Cl2N2O. The smallest absolute Gasteiger partial charge is 0.0744 e. The van der Waals surface area contributed by atoms with Gasteiger partial charge in [-0.3, -0.25) is 11.3 Å². The Morgan fingerprint density at radius 2 is 2.22 bits per heavy atom. The molecule has 1 fully saturated rings. The fourth-order valence-corrected chi connectivity index (χ4v) is 2.71. The third-order valence-corrected chi connectivity index (χ3v) is 3.93. The van der Waals surface area contributed by atoms with Crippen LogP contribution in [0.2, 0.25) is 10.0 Å². The number of ether oxygens (including phenoxy) is 1. The van der Waals surface area contributed by atoms with Gasteiger partial charge in [0.05, 0.1) is 12.1 Å². The van der Waals surface area contributed by atoms with Crippen molar-refractivity contribution in [2.24, 2.45) is 5.84 Å². The van der Waals surface area contributed by atoms with Gasteiger partial charge in [-0.05, 0) is 49.4 Å². The van der Waals surface area contributed by atoms with Gasteiger partial charge in [-0.25, -0.2) is 0 Å². The van der Waals surface area contributed by atoms with Crippen LogP contribution in [0.15, 0.2) is 18.2 Å². The summed E-state index contributed by atoms with van der Waals surface area (Å²) in [6.07, 6.45) is 4.23. The minimum atomic E-state index is 0.0706. The van der Waals surface area contributed by atoms with Gasteiger partial charge in [-0.1, -0.05) is 23.2 Å². The zero-order valence-electron chi connectivity index (χ0n) is 10.2. The van der Waals surface area contributed by atoms with Gasteiger partial charge in [0.2, 0.25) is 0 Å². The second kappa shape index (κ2) is 6.73. The predicted molar refractivity (Wildman–Crippen MR) is 74.9 cm³/mol. The molecule has 3 nitrogen and oxygen atoms in total. The van der Waals surface area contributed by atoms with E-state index in [0.29, 0.717) is 5.02 Å². The molecule has 0 radical (unpaired) electrons. The van der Waals surface area contributed by atoms with Crippen LogP contribution in [0.1, 0.15) is 24.8 Å². The average Bonchev–Trinajstić information content (AvgIpc) is 2.41. The highest BCUT2D eigenvalue weighted by atomic mass is 35.5. The lowest BCUT2D eigenvalue weighted by Gasteiger charge is -2.30. The van der Waals surface area contributed by atoms with Gasteiger partial charge in [0.25, 0.3) is 0 Å². The Morgan fingerprint density at radius 3 is 2.89 bits per heavy atom. The average molecular weight is 289 g/mol. The maximum Gasteiger partial charge on any atom is 0.0744 e. The molecule has 1 saturated heterocycles. The zero-order chi connectivity index (χ0) is 13.0. The van der Waals surface area contributed by atoms with Crippen LogP contribution in [0.25, 0.3) is 0 Å². The van der Waals surface area contributed by atoms with E-state index in [-0.39, 0.29) is 12.1 Å². The SMILES string of the molecule is NNC(Cc1cc(Cl)ccc1Cl)C1CCCCO1. The van der Waals surface area contributed by atoms with Crippen LogP contribution in [0.4, 0.5) is 0 Å². The summed E-state index contributed by atoms with van der Waals surface area (Å²) in [5.74, 6) is 5.63. The summed E-state index contributed by atoms with van der Waals surface area (Å²) in [5.41, 5.74) is 3.84. The van der Waals surface area contributed by atoms with Crippen molar-refractivity contribution >= 4 is 23.2 Å². The van der Waals surface area contributed by atoms with Gasteiger partial charge in [-0.2, -0.15) is 0 Å². The number of nitrogens with one attached hydrogen (secondary N) is 1. The van der Waals surface area contributed by atoms with Crippen molar-refractivity contribution in [2.75, 3.05) is 6.61 Å². The Labute approximate surface area is 118 Å². The number of halogens is 2. The molecule has 2 unspecified atom stereocenters. The predicted octanol–water partition coefficient (Wildman–Crippen LogP) is 2.94. The lowest BCUT2D eigenvalue weighted by molar-refractivity contribution is -0.00743. The third kappa shape index (κ3) is 3.59. The van der Waals surface area contributed by atoms with Crippen molar-refractivity contribution in [3.8, 4) is 0 Å². The highest BCUT2D eigenvalue weighted by Gasteiger charge is 2.24. The van der Waals surface area contributed by atoms with Crippen LogP contribution in [-0.4, -0.2) is 18.8 Å². The molecule has 1 aliphatic heterocycles. The van der Waals surface area contributed by atoms with Gasteiger partial charge in [-0.15, -0.1) is 0 Å². The van der Waals surface area contributed by atoms with Gasteiger partial charge in [0, 0.05) is 16.7 Å². The molecule has 18 heavy (non-hydrogen) atoms.